The third-order valence-electron chi connectivity index (χ3n) is 4.42. The molecule has 1 saturated heterocycles. The highest BCUT2D eigenvalue weighted by Gasteiger charge is 2.32. The van der Waals surface area contributed by atoms with Crippen LogP contribution in [0.25, 0.3) is 11.1 Å². The van der Waals surface area contributed by atoms with Crippen molar-refractivity contribution in [2.24, 2.45) is 0 Å². The number of nitrogens with zero attached hydrogens (tertiary/aromatic N) is 2. The van der Waals surface area contributed by atoms with E-state index in [1.54, 1.807) is 12.1 Å². The van der Waals surface area contributed by atoms with E-state index < -0.39 is 23.9 Å². The molecule has 0 aliphatic carbocycles. The molecule has 0 saturated carbocycles. The standard InChI is InChI=1S/C20H21FN4O5/c1-12(27)24-10-15-11-25(20(29)30-15)14-2-3-16(17(21)9-14)13-4-5-22-18(8-13)19(28)23-6-7-26/h2-5,8-9,15,26H,6-7,10-11H2,1H3,(H,23,28)(H,24,27)/t15-/m0/s1. The highest BCUT2D eigenvalue weighted by Crippen LogP contribution is 2.29. The lowest BCUT2D eigenvalue weighted by Gasteiger charge is -2.15. The summed E-state index contributed by atoms with van der Waals surface area (Å²) in [6, 6.07) is 7.30. The Hall–Kier alpha value is -3.53. The van der Waals surface area contributed by atoms with Crippen LogP contribution in [0.3, 0.4) is 0 Å². The van der Waals surface area contributed by atoms with Crippen molar-refractivity contribution >= 4 is 23.6 Å². The number of ether oxygens (including phenoxy) is 1. The Morgan fingerprint density at radius 2 is 2.10 bits per heavy atom. The third kappa shape index (κ3) is 4.90. The van der Waals surface area contributed by atoms with E-state index in [4.69, 9.17) is 9.84 Å². The number of aliphatic hydroxyl groups excluding tert-OH is 1. The average molecular weight is 416 g/mol. The van der Waals surface area contributed by atoms with E-state index in [1.807, 2.05) is 0 Å². The lowest BCUT2D eigenvalue weighted by Crippen LogP contribution is -2.33. The molecule has 0 bridgehead atoms. The van der Waals surface area contributed by atoms with Gasteiger partial charge in [-0.15, -0.1) is 0 Å². The maximum atomic E-state index is 14.8. The van der Waals surface area contributed by atoms with Crippen LogP contribution in [0.5, 0.6) is 0 Å². The van der Waals surface area contributed by atoms with E-state index in [2.05, 4.69) is 15.6 Å². The zero-order valence-corrected chi connectivity index (χ0v) is 16.2. The fourth-order valence-electron chi connectivity index (χ4n) is 2.98. The highest BCUT2D eigenvalue weighted by molar-refractivity contribution is 5.94. The predicted molar refractivity (Wildman–Crippen MR) is 105 cm³/mol. The smallest absolute Gasteiger partial charge is 0.414 e. The third-order valence-corrected chi connectivity index (χ3v) is 4.42. The first-order chi connectivity index (χ1) is 14.4. The van der Waals surface area contributed by atoms with Crippen molar-refractivity contribution in [2.75, 3.05) is 31.1 Å². The Labute approximate surface area is 171 Å². The number of aliphatic hydroxyl groups is 1. The van der Waals surface area contributed by atoms with Gasteiger partial charge in [-0.25, -0.2) is 9.18 Å². The van der Waals surface area contributed by atoms with Crippen LogP contribution in [-0.2, 0) is 9.53 Å². The van der Waals surface area contributed by atoms with Gasteiger partial charge in [0.2, 0.25) is 5.91 Å². The fourth-order valence-corrected chi connectivity index (χ4v) is 2.98. The fraction of sp³-hybridized carbons (Fsp3) is 0.300. The summed E-state index contributed by atoms with van der Waals surface area (Å²) in [6.07, 6.45) is 0.245. The summed E-state index contributed by atoms with van der Waals surface area (Å²) in [6.45, 7) is 1.61. The molecule has 158 valence electrons. The van der Waals surface area contributed by atoms with Crippen LogP contribution in [0, 0.1) is 5.82 Å². The summed E-state index contributed by atoms with van der Waals surface area (Å²) >= 11 is 0. The van der Waals surface area contributed by atoms with Crippen molar-refractivity contribution in [3.05, 3.63) is 48.0 Å². The molecule has 30 heavy (non-hydrogen) atoms. The first-order valence-corrected chi connectivity index (χ1v) is 9.26. The van der Waals surface area contributed by atoms with E-state index in [-0.39, 0.29) is 43.4 Å². The van der Waals surface area contributed by atoms with Crippen molar-refractivity contribution in [3.63, 3.8) is 0 Å². The van der Waals surface area contributed by atoms with E-state index in [1.165, 1.54) is 36.2 Å². The normalized spacial score (nSPS) is 15.6. The molecular weight excluding hydrogens is 395 g/mol. The van der Waals surface area contributed by atoms with Crippen LogP contribution in [0.1, 0.15) is 17.4 Å². The molecule has 1 aromatic carbocycles. The number of carbonyl (C=O) groups is 3. The molecule has 2 aromatic rings. The molecule has 0 unspecified atom stereocenters. The second kappa shape index (κ2) is 9.31. The quantitative estimate of drug-likeness (QED) is 0.621. The molecule has 1 fully saturated rings. The number of aromatic nitrogens is 1. The molecule has 0 radical (unpaired) electrons. The maximum Gasteiger partial charge on any atom is 0.414 e. The topological polar surface area (TPSA) is 121 Å². The zero-order valence-electron chi connectivity index (χ0n) is 16.2. The van der Waals surface area contributed by atoms with Crippen LogP contribution < -0.4 is 15.5 Å². The number of pyridine rings is 1. The molecule has 3 rings (SSSR count). The molecule has 0 spiro atoms. The summed E-state index contributed by atoms with van der Waals surface area (Å²) in [5, 5.41) is 13.9. The first kappa shape index (κ1) is 21.2. The van der Waals surface area contributed by atoms with Gasteiger partial charge in [-0.1, -0.05) is 0 Å². The van der Waals surface area contributed by atoms with Crippen LogP contribution in [0.15, 0.2) is 36.5 Å². The second-order valence-electron chi connectivity index (χ2n) is 6.63. The molecule has 1 aromatic heterocycles. The van der Waals surface area contributed by atoms with Crippen LogP contribution >= 0.6 is 0 Å². The number of hydrogen-bond donors (Lipinski definition) is 3. The number of halogens is 1. The minimum atomic E-state index is -0.621. The number of anilines is 1. The van der Waals surface area contributed by atoms with E-state index in [0.29, 0.717) is 11.3 Å². The molecular formula is C20H21FN4O5. The lowest BCUT2D eigenvalue weighted by molar-refractivity contribution is -0.119. The Kier molecular flexibility index (Phi) is 6.58. The van der Waals surface area contributed by atoms with E-state index in [9.17, 15) is 18.8 Å². The Balaban J connectivity index is 1.77. The van der Waals surface area contributed by atoms with Gasteiger partial charge in [0.1, 0.15) is 17.6 Å². The summed E-state index contributed by atoms with van der Waals surface area (Å²) in [5.74, 6) is -1.30. The Bertz CT molecular complexity index is 968. The Morgan fingerprint density at radius 3 is 2.80 bits per heavy atom. The predicted octanol–water partition coefficient (Wildman–Crippen LogP) is 1.07. The average Bonchev–Trinajstić information content (AvgIpc) is 3.11. The minimum Gasteiger partial charge on any atom is -0.442 e. The number of cyclic esters (lactones) is 1. The molecule has 10 heteroatoms. The van der Waals surface area contributed by atoms with Crippen molar-refractivity contribution in [1.82, 2.24) is 15.6 Å². The van der Waals surface area contributed by atoms with Crippen molar-refractivity contribution in [2.45, 2.75) is 13.0 Å². The number of hydrogen-bond acceptors (Lipinski definition) is 6. The van der Waals surface area contributed by atoms with Gasteiger partial charge in [-0.05, 0) is 35.9 Å². The van der Waals surface area contributed by atoms with Crippen molar-refractivity contribution in [1.29, 1.82) is 0 Å². The van der Waals surface area contributed by atoms with Crippen molar-refractivity contribution < 1.29 is 28.6 Å². The first-order valence-electron chi connectivity index (χ1n) is 9.26. The second-order valence-corrected chi connectivity index (χ2v) is 6.63. The van der Waals surface area contributed by atoms with Crippen molar-refractivity contribution in [3.8, 4) is 11.1 Å². The maximum absolute atomic E-state index is 14.8. The molecule has 1 aliphatic heterocycles. The number of carbonyl (C=O) groups excluding carboxylic acids is 3. The van der Waals surface area contributed by atoms with Gasteiger partial charge in [-0.3, -0.25) is 19.5 Å². The lowest BCUT2D eigenvalue weighted by atomic mass is 10.0. The van der Waals surface area contributed by atoms with Crippen LogP contribution in [0.2, 0.25) is 0 Å². The van der Waals surface area contributed by atoms with Gasteiger partial charge in [0, 0.05) is 25.2 Å². The van der Waals surface area contributed by atoms with Crippen LogP contribution in [0.4, 0.5) is 14.9 Å². The van der Waals surface area contributed by atoms with Gasteiger partial charge >= 0.3 is 6.09 Å². The van der Waals surface area contributed by atoms with Gasteiger partial charge in [0.05, 0.1) is 25.4 Å². The largest absolute Gasteiger partial charge is 0.442 e. The molecule has 3 amide bonds. The monoisotopic (exact) mass is 416 g/mol. The minimum absolute atomic E-state index is 0.0860. The summed E-state index contributed by atoms with van der Waals surface area (Å²) in [7, 11) is 0. The number of amides is 3. The van der Waals surface area contributed by atoms with E-state index >= 15 is 0 Å². The summed E-state index contributed by atoms with van der Waals surface area (Å²) in [5.41, 5.74) is 1.09. The highest BCUT2D eigenvalue weighted by atomic mass is 19.1. The van der Waals surface area contributed by atoms with Gasteiger partial charge in [0.15, 0.2) is 0 Å². The van der Waals surface area contributed by atoms with Gasteiger partial charge in [0.25, 0.3) is 5.91 Å². The Morgan fingerprint density at radius 1 is 1.30 bits per heavy atom. The molecule has 3 N–H and O–H groups in total. The number of benzene rings is 1. The van der Waals surface area contributed by atoms with Crippen LogP contribution in [-0.4, -0.2) is 60.3 Å². The van der Waals surface area contributed by atoms with E-state index in [0.717, 1.165) is 0 Å². The summed E-state index contributed by atoms with van der Waals surface area (Å²) < 4.78 is 20.0. The van der Waals surface area contributed by atoms with Gasteiger partial charge < -0.3 is 20.5 Å². The molecule has 2 heterocycles. The number of rotatable bonds is 7. The number of nitrogens with one attached hydrogen (secondary N) is 2. The molecule has 9 nitrogen and oxygen atoms in total. The summed E-state index contributed by atoms with van der Waals surface area (Å²) in [4.78, 5) is 40.4. The van der Waals surface area contributed by atoms with Gasteiger partial charge in [-0.2, -0.15) is 0 Å². The molecule has 1 atom stereocenters. The SMILES string of the molecule is CC(=O)NC[C@H]1CN(c2ccc(-c3ccnc(C(=O)NCCO)c3)c(F)c2)C(=O)O1. The zero-order chi connectivity index (χ0) is 21.7. The molecule has 1 aliphatic rings.